The van der Waals surface area contributed by atoms with Crippen molar-refractivity contribution in [1.82, 2.24) is 10.3 Å². The Morgan fingerprint density at radius 3 is 2.88 bits per heavy atom. The number of pyridine rings is 1. The minimum absolute atomic E-state index is 0.345. The van der Waals surface area contributed by atoms with Crippen molar-refractivity contribution in [2.24, 2.45) is 0 Å². The molecule has 0 aliphatic rings. The maximum atomic E-state index is 5.11. The highest BCUT2D eigenvalue weighted by atomic mass is 16.5. The molecule has 0 aliphatic carbocycles. The number of methoxy groups -OCH3 is 1. The first kappa shape index (κ1) is 13.9. The van der Waals surface area contributed by atoms with Crippen molar-refractivity contribution in [3.8, 4) is 0 Å². The van der Waals surface area contributed by atoms with E-state index >= 15 is 0 Å². The molecule has 1 aromatic rings. The average Bonchev–Trinajstić information content (AvgIpc) is 2.39. The quantitative estimate of drug-likeness (QED) is 0.785. The van der Waals surface area contributed by atoms with Gasteiger partial charge in [0.15, 0.2) is 0 Å². The van der Waals surface area contributed by atoms with Crippen LogP contribution < -0.4 is 10.2 Å². The Morgan fingerprint density at radius 2 is 2.29 bits per heavy atom. The SMILES string of the molecule is CCN(CCOC)c1cc(C(C)NC)ccn1. The molecular weight excluding hydrogens is 214 g/mol. The normalized spacial score (nSPS) is 12.5. The van der Waals surface area contributed by atoms with Gasteiger partial charge in [-0.25, -0.2) is 4.98 Å². The summed E-state index contributed by atoms with van der Waals surface area (Å²) >= 11 is 0. The van der Waals surface area contributed by atoms with Gasteiger partial charge < -0.3 is 15.0 Å². The van der Waals surface area contributed by atoms with Gasteiger partial charge in [0.05, 0.1) is 6.61 Å². The summed E-state index contributed by atoms with van der Waals surface area (Å²) in [5, 5.41) is 3.24. The third kappa shape index (κ3) is 3.98. The summed E-state index contributed by atoms with van der Waals surface area (Å²) in [6.07, 6.45) is 1.87. The van der Waals surface area contributed by atoms with Gasteiger partial charge in [-0.1, -0.05) is 0 Å². The first-order valence-electron chi connectivity index (χ1n) is 6.10. The topological polar surface area (TPSA) is 37.4 Å². The molecule has 0 aliphatic heterocycles. The van der Waals surface area contributed by atoms with Crippen LogP contribution in [0.15, 0.2) is 18.3 Å². The third-order valence-electron chi connectivity index (χ3n) is 2.97. The molecule has 0 radical (unpaired) electrons. The molecule has 0 aromatic carbocycles. The van der Waals surface area contributed by atoms with Crippen molar-refractivity contribution < 1.29 is 4.74 Å². The number of nitrogens with one attached hydrogen (secondary N) is 1. The molecule has 0 saturated carbocycles. The maximum Gasteiger partial charge on any atom is 0.128 e. The molecule has 1 unspecified atom stereocenters. The van der Waals surface area contributed by atoms with E-state index in [0.717, 1.165) is 25.5 Å². The van der Waals surface area contributed by atoms with E-state index in [1.807, 2.05) is 13.2 Å². The summed E-state index contributed by atoms with van der Waals surface area (Å²) < 4.78 is 5.11. The highest BCUT2D eigenvalue weighted by Gasteiger charge is 2.08. The van der Waals surface area contributed by atoms with Gasteiger partial charge in [-0.3, -0.25) is 0 Å². The second-order valence-electron chi connectivity index (χ2n) is 4.03. The third-order valence-corrected chi connectivity index (χ3v) is 2.97. The van der Waals surface area contributed by atoms with Crippen LogP contribution in [0.25, 0.3) is 0 Å². The first-order chi connectivity index (χ1) is 8.22. The molecule has 96 valence electrons. The van der Waals surface area contributed by atoms with Gasteiger partial charge in [0, 0.05) is 32.4 Å². The molecule has 1 N–H and O–H groups in total. The minimum atomic E-state index is 0.345. The van der Waals surface area contributed by atoms with Crippen molar-refractivity contribution >= 4 is 5.82 Å². The first-order valence-corrected chi connectivity index (χ1v) is 6.10. The molecule has 0 fully saturated rings. The molecule has 1 heterocycles. The summed E-state index contributed by atoms with van der Waals surface area (Å²) in [5.74, 6) is 1.02. The Kier molecular flexibility index (Phi) is 5.94. The Labute approximate surface area is 104 Å². The molecule has 1 rings (SSSR count). The van der Waals surface area contributed by atoms with Gasteiger partial charge >= 0.3 is 0 Å². The van der Waals surface area contributed by atoms with E-state index in [1.54, 1.807) is 7.11 Å². The van der Waals surface area contributed by atoms with E-state index < -0.39 is 0 Å². The molecule has 17 heavy (non-hydrogen) atoms. The van der Waals surface area contributed by atoms with Crippen LogP contribution in [-0.4, -0.2) is 38.8 Å². The van der Waals surface area contributed by atoms with Crippen LogP contribution in [0, 0.1) is 0 Å². The molecule has 0 amide bonds. The number of anilines is 1. The predicted molar refractivity (Wildman–Crippen MR) is 71.5 cm³/mol. The van der Waals surface area contributed by atoms with E-state index in [4.69, 9.17) is 4.74 Å². The van der Waals surface area contributed by atoms with Gasteiger partial charge in [0.25, 0.3) is 0 Å². The van der Waals surface area contributed by atoms with E-state index in [2.05, 4.69) is 41.2 Å². The molecule has 0 spiro atoms. The highest BCUT2D eigenvalue weighted by Crippen LogP contribution is 2.17. The van der Waals surface area contributed by atoms with Gasteiger partial charge in [-0.05, 0) is 38.6 Å². The molecular formula is C13H23N3O. The largest absolute Gasteiger partial charge is 0.383 e. The number of aromatic nitrogens is 1. The fraction of sp³-hybridized carbons (Fsp3) is 0.615. The second-order valence-corrected chi connectivity index (χ2v) is 4.03. The number of nitrogens with zero attached hydrogens (tertiary/aromatic N) is 2. The van der Waals surface area contributed by atoms with Gasteiger partial charge in [0.1, 0.15) is 5.82 Å². The average molecular weight is 237 g/mol. The summed E-state index contributed by atoms with van der Waals surface area (Å²) in [4.78, 5) is 6.64. The zero-order valence-corrected chi connectivity index (χ0v) is 11.2. The van der Waals surface area contributed by atoms with Crippen LogP contribution >= 0.6 is 0 Å². The van der Waals surface area contributed by atoms with Crippen LogP contribution in [-0.2, 0) is 4.74 Å². The fourth-order valence-electron chi connectivity index (χ4n) is 1.68. The second kappa shape index (κ2) is 7.25. The van der Waals surface area contributed by atoms with Crippen molar-refractivity contribution in [2.75, 3.05) is 38.8 Å². The predicted octanol–water partition coefficient (Wildman–Crippen LogP) is 1.83. The Hall–Kier alpha value is -1.13. The van der Waals surface area contributed by atoms with Gasteiger partial charge in [-0.15, -0.1) is 0 Å². The van der Waals surface area contributed by atoms with Crippen LogP contribution in [0.3, 0.4) is 0 Å². The molecule has 1 aromatic heterocycles. The maximum absolute atomic E-state index is 5.11. The molecule has 4 heteroatoms. The number of hydrogen-bond acceptors (Lipinski definition) is 4. The van der Waals surface area contributed by atoms with Crippen molar-refractivity contribution in [3.05, 3.63) is 23.9 Å². The number of rotatable bonds is 7. The zero-order valence-electron chi connectivity index (χ0n) is 11.2. The zero-order chi connectivity index (χ0) is 12.7. The lowest BCUT2D eigenvalue weighted by Crippen LogP contribution is -2.28. The fourth-order valence-corrected chi connectivity index (χ4v) is 1.68. The number of likely N-dealkylation sites (N-methyl/N-ethyl adjacent to an activating group) is 1. The highest BCUT2D eigenvalue weighted by molar-refractivity contribution is 5.41. The van der Waals surface area contributed by atoms with Gasteiger partial charge in [-0.2, -0.15) is 0 Å². The summed E-state index contributed by atoms with van der Waals surface area (Å²) in [5.41, 5.74) is 1.26. The Bertz CT molecular complexity index is 330. The lowest BCUT2D eigenvalue weighted by molar-refractivity contribution is 0.205. The number of hydrogen-bond donors (Lipinski definition) is 1. The van der Waals surface area contributed by atoms with E-state index in [0.29, 0.717) is 6.04 Å². The lowest BCUT2D eigenvalue weighted by Gasteiger charge is -2.22. The lowest BCUT2D eigenvalue weighted by atomic mass is 10.1. The van der Waals surface area contributed by atoms with Crippen LogP contribution in [0.2, 0.25) is 0 Å². The molecule has 1 atom stereocenters. The molecule has 4 nitrogen and oxygen atoms in total. The van der Waals surface area contributed by atoms with E-state index in [9.17, 15) is 0 Å². The smallest absolute Gasteiger partial charge is 0.128 e. The standard InChI is InChI=1S/C13H23N3O/c1-5-16(8-9-17-4)13-10-12(6-7-15-13)11(2)14-3/h6-7,10-11,14H,5,8-9H2,1-4H3. The monoisotopic (exact) mass is 237 g/mol. The van der Waals surface area contributed by atoms with Crippen molar-refractivity contribution in [1.29, 1.82) is 0 Å². The van der Waals surface area contributed by atoms with Crippen LogP contribution in [0.5, 0.6) is 0 Å². The van der Waals surface area contributed by atoms with Crippen molar-refractivity contribution in [3.63, 3.8) is 0 Å². The summed E-state index contributed by atoms with van der Waals surface area (Å²) in [6.45, 7) is 6.81. The molecule has 0 saturated heterocycles. The van der Waals surface area contributed by atoms with E-state index in [1.165, 1.54) is 5.56 Å². The minimum Gasteiger partial charge on any atom is -0.383 e. The van der Waals surface area contributed by atoms with Gasteiger partial charge in [0.2, 0.25) is 0 Å². The van der Waals surface area contributed by atoms with Crippen LogP contribution in [0.1, 0.15) is 25.5 Å². The summed E-state index contributed by atoms with van der Waals surface area (Å²) in [6, 6.07) is 4.53. The Balaban J connectivity index is 2.81. The van der Waals surface area contributed by atoms with Crippen molar-refractivity contribution in [2.45, 2.75) is 19.9 Å². The van der Waals surface area contributed by atoms with Crippen LogP contribution in [0.4, 0.5) is 5.82 Å². The summed E-state index contributed by atoms with van der Waals surface area (Å²) in [7, 11) is 3.69. The number of ether oxygens (including phenoxy) is 1. The molecule has 0 bridgehead atoms. The Morgan fingerprint density at radius 1 is 1.53 bits per heavy atom. The van der Waals surface area contributed by atoms with E-state index in [-0.39, 0.29) is 0 Å².